The van der Waals surface area contributed by atoms with E-state index < -0.39 is 11.6 Å². The number of aromatic nitrogens is 1. The molecule has 1 aliphatic heterocycles. The van der Waals surface area contributed by atoms with Gasteiger partial charge in [-0.3, -0.25) is 0 Å². The maximum Gasteiger partial charge on any atom is 0.410 e. The summed E-state index contributed by atoms with van der Waals surface area (Å²) < 4.78 is 10.2. The van der Waals surface area contributed by atoms with Crippen molar-refractivity contribution in [2.75, 3.05) is 13.1 Å². The molecule has 0 bridgehead atoms. The number of hydrogen-bond donors (Lipinski definition) is 1. The van der Waals surface area contributed by atoms with Crippen LogP contribution < -0.4 is 0 Å². The molecule has 0 radical (unpaired) electrons. The van der Waals surface area contributed by atoms with Crippen LogP contribution in [0.15, 0.2) is 10.8 Å². The highest BCUT2D eigenvalue weighted by molar-refractivity contribution is 5.88. The van der Waals surface area contributed by atoms with Gasteiger partial charge in [0.25, 0.3) is 0 Å². The molecule has 1 aliphatic rings. The van der Waals surface area contributed by atoms with Crippen molar-refractivity contribution in [1.29, 1.82) is 0 Å². The predicted octanol–water partition coefficient (Wildman–Crippen LogP) is 2.73. The third-order valence-electron chi connectivity index (χ3n) is 3.74. The largest absolute Gasteiger partial charge is 0.478 e. The van der Waals surface area contributed by atoms with Crippen LogP contribution >= 0.6 is 0 Å². The maximum atomic E-state index is 12.1. The first-order valence-electron chi connectivity index (χ1n) is 7.34. The van der Waals surface area contributed by atoms with Crippen LogP contribution in [0.2, 0.25) is 0 Å². The first-order valence-corrected chi connectivity index (χ1v) is 7.34. The van der Waals surface area contributed by atoms with Gasteiger partial charge in [-0.1, -0.05) is 12.1 Å². The van der Waals surface area contributed by atoms with Crippen molar-refractivity contribution in [1.82, 2.24) is 10.1 Å². The van der Waals surface area contributed by atoms with E-state index in [1.165, 1.54) is 0 Å². The maximum absolute atomic E-state index is 12.1. The summed E-state index contributed by atoms with van der Waals surface area (Å²) in [5.74, 6) is -1.01. The summed E-state index contributed by atoms with van der Waals surface area (Å²) in [6.45, 7) is 8.48. The molecule has 1 amide bonds. The van der Waals surface area contributed by atoms with Crippen LogP contribution in [-0.4, -0.2) is 45.9 Å². The van der Waals surface area contributed by atoms with Crippen LogP contribution in [0, 0.1) is 5.92 Å². The van der Waals surface area contributed by atoms with Crippen molar-refractivity contribution < 1.29 is 24.0 Å². The van der Waals surface area contributed by atoms with Crippen LogP contribution in [0.4, 0.5) is 4.79 Å². The molecule has 1 aromatic heterocycles. The van der Waals surface area contributed by atoms with Gasteiger partial charge in [0, 0.05) is 19.0 Å². The molecule has 0 unspecified atom stereocenters. The van der Waals surface area contributed by atoms with Crippen molar-refractivity contribution >= 4 is 12.1 Å². The molecular formula is C15H22N2O5. The number of piperidine rings is 1. The van der Waals surface area contributed by atoms with Gasteiger partial charge in [-0.05, 0) is 33.1 Å². The number of likely N-dealkylation sites (tertiary alicyclic amines) is 1. The normalized spacial score (nSPS) is 22.5. The predicted molar refractivity (Wildman–Crippen MR) is 77.8 cm³/mol. The molecule has 7 nitrogen and oxygen atoms in total. The third-order valence-corrected chi connectivity index (χ3v) is 3.74. The molecule has 22 heavy (non-hydrogen) atoms. The number of nitrogens with zero attached hydrogens (tertiary/aromatic N) is 2. The Hall–Kier alpha value is -2.05. The van der Waals surface area contributed by atoms with E-state index in [9.17, 15) is 9.59 Å². The lowest BCUT2D eigenvalue weighted by atomic mass is 9.83. The van der Waals surface area contributed by atoms with Gasteiger partial charge in [0.1, 0.15) is 23.1 Å². The van der Waals surface area contributed by atoms with Crippen molar-refractivity contribution in [2.45, 2.75) is 45.6 Å². The second kappa shape index (κ2) is 5.98. The molecule has 0 aromatic carbocycles. The summed E-state index contributed by atoms with van der Waals surface area (Å²) in [6, 6.07) is 0. The molecule has 1 N–H and O–H groups in total. The Labute approximate surface area is 129 Å². The van der Waals surface area contributed by atoms with Gasteiger partial charge >= 0.3 is 12.1 Å². The SMILES string of the molecule is C[C@@H]1CN(C(=O)OC(C)(C)C)CC[C@@H]1c1nocc1C(=O)O. The molecule has 1 fully saturated rings. The lowest BCUT2D eigenvalue weighted by Gasteiger charge is -2.36. The van der Waals surface area contributed by atoms with Gasteiger partial charge in [0.05, 0.1) is 0 Å². The molecule has 2 rings (SSSR count). The fourth-order valence-electron chi connectivity index (χ4n) is 2.72. The minimum atomic E-state index is -1.04. The number of ether oxygens (including phenoxy) is 1. The zero-order valence-electron chi connectivity index (χ0n) is 13.3. The number of carboxylic acids is 1. The molecular weight excluding hydrogens is 288 g/mol. The smallest absolute Gasteiger partial charge is 0.410 e. The lowest BCUT2D eigenvalue weighted by molar-refractivity contribution is 0.0151. The first kappa shape index (κ1) is 16.3. The topological polar surface area (TPSA) is 92.9 Å². The summed E-state index contributed by atoms with van der Waals surface area (Å²) in [5, 5.41) is 13.0. The average molecular weight is 310 g/mol. The minimum absolute atomic E-state index is 0.0384. The summed E-state index contributed by atoms with van der Waals surface area (Å²) >= 11 is 0. The van der Waals surface area contributed by atoms with Crippen LogP contribution in [0.3, 0.4) is 0 Å². The Kier molecular flexibility index (Phi) is 4.44. The van der Waals surface area contributed by atoms with Crippen LogP contribution in [0.1, 0.15) is 56.1 Å². The van der Waals surface area contributed by atoms with Gasteiger partial charge in [-0.15, -0.1) is 0 Å². The number of carbonyl (C=O) groups is 2. The molecule has 122 valence electrons. The summed E-state index contributed by atoms with van der Waals surface area (Å²) in [4.78, 5) is 24.9. The molecule has 2 heterocycles. The van der Waals surface area contributed by atoms with Gasteiger partial charge in [0.2, 0.25) is 0 Å². The molecule has 2 atom stereocenters. The van der Waals surface area contributed by atoms with Gasteiger partial charge < -0.3 is 19.3 Å². The van der Waals surface area contributed by atoms with E-state index in [1.54, 1.807) is 4.90 Å². The molecule has 1 saturated heterocycles. The van der Waals surface area contributed by atoms with E-state index in [0.29, 0.717) is 25.2 Å². The van der Waals surface area contributed by atoms with E-state index in [4.69, 9.17) is 14.4 Å². The van der Waals surface area contributed by atoms with Crippen LogP contribution in [0.25, 0.3) is 0 Å². The third kappa shape index (κ3) is 3.58. The number of rotatable bonds is 2. The zero-order valence-corrected chi connectivity index (χ0v) is 13.3. The fourth-order valence-corrected chi connectivity index (χ4v) is 2.72. The summed E-state index contributed by atoms with van der Waals surface area (Å²) in [5.41, 5.74) is 0.0335. The quantitative estimate of drug-likeness (QED) is 0.902. The van der Waals surface area contributed by atoms with Crippen molar-refractivity contribution in [3.63, 3.8) is 0 Å². The summed E-state index contributed by atoms with van der Waals surface area (Å²) in [6.07, 6.45) is 1.45. The highest BCUT2D eigenvalue weighted by atomic mass is 16.6. The van der Waals surface area contributed by atoms with Crippen LogP contribution in [-0.2, 0) is 4.74 Å². The second-order valence-electron chi connectivity index (χ2n) is 6.72. The number of amides is 1. The Morgan fingerprint density at radius 2 is 2.14 bits per heavy atom. The van der Waals surface area contributed by atoms with Crippen molar-refractivity contribution in [2.24, 2.45) is 5.92 Å². The highest BCUT2D eigenvalue weighted by Crippen LogP contribution is 2.34. The van der Waals surface area contributed by atoms with Gasteiger partial charge in [0.15, 0.2) is 0 Å². The Morgan fingerprint density at radius 3 is 2.68 bits per heavy atom. The number of hydrogen-bond acceptors (Lipinski definition) is 5. The van der Waals surface area contributed by atoms with Gasteiger partial charge in [-0.2, -0.15) is 0 Å². The monoisotopic (exact) mass is 310 g/mol. The first-order chi connectivity index (χ1) is 10.2. The standard InChI is InChI=1S/C15H22N2O5/c1-9-7-17(14(20)22-15(2,3)4)6-5-10(9)12-11(13(18)19)8-21-16-12/h8-10H,5-7H2,1-4H3,(H,18,19)/t9-,10+/m1/s1. The zero-order chi connectivity index (χ0) is 16.5. The average Bonchev–Trinajstić information content (AvgIpc) is 2.85. The van der Waals surface area contributed by atoms with Crippen molar-refractivity contribution in [3.8, 4) is 0 Å². The Bertz CT molecular complexity index is 561. The van der Waals surface area contributed by atoms with E-state index in [0.717, 1.165) is 6.26 Å². The molecule has 0 aliphatic carbocycles. The Morgan fingerprint density at radius 1 is 1.45 bits per heavy atom. The van der Waals surface area contributed by atoms with E-state index >= 15 is 0 Å². The molecule has 0 saturated carbocycles. The summed E-state index contributed by atoms with van der Waals surface area (Å²) in [7, 11) is 0. The van der Waals surface area contributed by atoms with E-state index in [-0.39, 0.29) is 23.5 Å². The lowest BCUT2D eigenvalue weighted by Crippen LogP contribution is -2.44. The number of carboxylic acid groups (broad SMARTS) is 1. The molecule has 1 aromatic rings. The number of aromatic carboxylic acids is 1. The highest BCUT2D eigenvalue weighted by Gasteiger charge is 2.35. The van der Waals surface area contributed by atoms with Crippen molar-refractivity contribution in [3.05, 3.63) is 17.5 Å². The number of carbonyl (C=O) groups excluding carboxylic acids is 1. The Balaban J connectivity index is 2.06. The van der Waals surface area contributed by atoms with Gasteiger partial charge in [-0.25, -0.2) is 9.59 Å². The molecule has 0 spiro atoms. The minimum Gasteiger partial charge on any atom is -0.478 e. The van der Waals surface area contributed by atoms with Crippen LogP contribution in [0.5, 0.6) is 0 Å². The van der Waals surface area contributed by atoms with E-state index in [2.05, 4.69) is 5.16 Å². The second-order valence-corrected chi connectivity index (χ2v) is 6.72. The molecule has 7 heteroatoms. The van der Waals surface area contributed by atoms with E-state index in [1.807, 2.05) is 27.7 Å². The fraction of sp³-hybridized carbons (Fsp3) is 0.667.